The summed E-state index contributed by atoms with van der Waals surface area (Å²) in [6.45, 7) is 0. The molecule has 0 saturated carbocycles. The Morgan fingerprint density at radius 1 is 1.16 bits per heavy atom. The Balaban J connectivity index is 1.57. The first kappa shape index (κ1) is 22.0. The fraction of sp³-hybridized carbons (Fsp3) is 0.0476. The zero-order valence-corrected chi connectivity index (χ0v) is 19.8. The van der Waals surface area contributed by atoms with Crippen molar-refractivity contribution in [3.05, 3.63) is 78.7 Å². The zero-order chi connectivity index (χ0) is 22.1. The van der Waals surface area contributed by atoms with Gasteiger partial charge in [-0.15, -0.1) is 11.3 Å². The first-order valence-corrected chi connectivity index (χ1v) is 11.7. The highest BCUT2D eigenvalue weighted by Crippen LogP contribution is 2.28. The average molecular weight is 506 g/mol. The minimum absolute atomic E-state index is 0.215. The fourth-order valence-electron chi connectivity index (χ4n) is 2.83. The Kier molecular flexibility index (Phi) is 6.45. The van der Waals surface area contributed by atoms with Crippen molar-refractivity contribution >= 4 is 80.7 Å². The van der Waals surface area contributed by atoms with Crippen molar-refractivity contribution in [1.29, 1.82) is 0 Å². The van der Waals surface area contributed by atoms with Crippen molar-refractivity contribution in [2.75, 3.05) is 0 Å². The number of thioether (sulfide) groups is 1. The largest absolute Gasteiger partial charge is 0.319 e. The van der Waals surface area contributed by atoms with E-state index in [1.54, 1.807) is 42.5 Å². The van der Waals surface area contributed by atoms with E-state index < -0.39 is 0 Å². The number of aromatic nitrogens is 1. The second kappa shape index (κ2) is 9.10. The highest BCUT2D eigenvalue weighted by molar-refractivity contribution is 8.26. The van der Waals surface area contributed by atoms with Gasteiger partial charge in [-0.05, 0) is 35.9 Å². The number of hydrogen-bond acceptors (Lipinski definition) is 5. The van der Waals surface area contributed by atoms with Crippen LogP contribution >= 0.6 is 58.5 Å². The molecule has 3 aromatic rings. The van der Waals surface area contributed by atoms with E-state index in [-0.39, 0.29) is 11.8 Å². The summed E-state index contributed by atoms with van der Waals surface area (Å²) in [4.78, 5) is 29.8. The van der Waals surface area contributed by atoms with Gasteiger partial charge in [-0.3, -0.25) is 9.59 Å². The summed E-state index contributed by atoms with van der Waals surface area (Å²) in [5.74, 6) is -0.570. The minimum atomic E-state index is -0.355. The van der Waals surface area contributed by atoms with E-state index in [9.17, 15) is 9.59 Å². The van der Waals surface area contributed by atoms with Crippen molar-refractivity contribution < 1.29 is 9.59 Å². The molecule has 0 atom stereocenters. The van der Waals surface area contributed by atoms with Gasteiger partial charge < -0.3 is 9.88 Å². The molecule has 0 radical (unpaired) electrons. The Morgan fingerprint density at radius 2 is 1.90 bits per heavy atom. The van der Waals surface area contributed by atoms with Gasteiger partial charge in [0.05, 0.1) is 20.6 Å². The molecule has 10 heteroatoms. The lowest BCUT2D eigenvalue weighted by Crippen LogP contribution is -2.17. The van der Waals surface area contributed by atoms with Crippen LogP contribution in [0.3, 0.4) is 0 Å². The van der Waals surface area contributed by atoms with E-state index >= 15 is 0 Å². The number of amides is 2. The molecule has 0 spiro atoms. The number of thiazole rings is 1. The van der Waals surface area contributed by atoms with E-state index in [0.29, 0.717) is 29.6 Å². The molecule has 31 heavy (non-hydrogen) atoms. The van der Waals surface area contributed by atoms with E-state index in [4.69, 9.17) is 35.4 Å². The molecule has 4 rings (SSSR count). The molecule has 0 bridgehead atoms. The Hall–Kier alpha value is -2.23. The molecule has 1 aromatic heterocycles. The first-order valence-electron chi connectivity index (χ1n) is 8.86. The summed E-state index contributed by atoms with van der Waals surface area (Å²) in [7, 11) is 1.84. The number of hydrogen-bond donors (Lipinski definition) is 1. The summed E-state index contributed by atoms with van der Waals surface area (Å²) in [6.07, 6.45) is 1.73. The number of halogens is 2. The van der Waals surface area contributed by atoms with E-state index in [0.717, 1.165) is 16.8 Å². The lowest BCUT2D eigenvalue weighted by atomic mass is 10.1. The first-order chi connectivity index (χ1) is 14.8. The van der Waals surface area contributed by atoms with Gasteiger partial charge >= 0.3 is 0 Å². The van der Waals surface area contributed by atoms with Crippen LogP contribution in [-0.4, -0.2) is 20.7 Å². The van der Waals surface area contributed by atoms with E-state index in [2.05, 4.69) is 10.3 Å². The van der Waals surface area contributed by atoms with Crippen molar-refractivity contribution in [1.82, 2.24) is 9.88 Å². The molecule has 156 valence electrons. The SMILES string of the molecule is Cn1c(-c2ccc(Cl)c(Cl)c2)csc1=NC(=O)c1ccc(/C=C2\SC(=S)NC2=O)cc1. The van der Waals surface area contributed by atoms with Crippen LogP contribution in [0.5, 0.6) is 0 Å². The lowest BCUT2D eigenvalue weighted by Gasteiger charge is -2.04. The number of nitrogens with one attached hydrogen (secondary N) is 1. The van der Waals surface area contributed by atoms with Crippen LogP contribution in [0.2, 0.25) is 10.0 Å². The number of nitrogens with zero attached hydrogens (tertiary/aromatic N) is 2. The summed E-state index contributed by atoms with van der Waals surface area (Å²) in [6, 6.07) is 12.3. The maximum atomic E-state index is 12.6. The van der Waals surface area contributed by atoms with E-state index in [1.165, 1.54) is 23.1 Å². The van der Waals surface area contributed by atoms with Crippen LogP contribution in [0.15, 0.2) is 57.7 Å². The van der Waals surface area contributed by atoms with Gasteiger partial charge in [0.25, 0.3) is 11.8 Å². The number of carbonyl (C=O) groups is 2. The number of benzene rings is 2. The Morgan fingerprint density at radius 3 is 2.55 bits per heavy atom. The van der Waals surface area contributed by atoms with Crippen LogP contribution < -0.4 is 10.1 Å². The molecular weight excluding hydrogens is 493 g/mol. The van der Waals surface area contributed by atoms with Crippen LogP contribution in [-0.2, 0) is 11.8 Å². The third kappa shape index (κ3) is 4.83. The van der Waals surface area contributed by atoms with Crippen molar-refractivity contribution in [2.24, 2.45) is 12.0 Å². The van der Waals surface area contributed by atoms with Crippen molar-refractivity contribution in [2.45, 2.75) is 0 Å². The van der Waals surface area contributed by atoms with Gasteiger partial charge in [-0.25, -0.2) is 0 Å². The fourth-order valence-corrected chi connectivity index (χ4v) is 5.08. The molecule has 0 aliphatic carbocycles. The molecular formula is C21H13Cl2N3O2S3. The predicted molar refractivity (Wildman–Crippen MR) is 131 cm³/mol. The number of rotatable bonds is 3. The zero-order valence-electron chi connectivity index (χ0n) is 15.9. The average Bonchev–Trinajstić information content (AvgIpc) is 3.25. The van der Waals surface area contributed by atoms with Crippen LogP contribution in [0.1, 0.15) is 15.9 Å². The second-order valence-electron chi connectivity index (χ2n) is 6.48. The molecule has 1 aliphatic heterocycles. The maximum Gasteiger partial charge on any atom is 0.279 e. The van der Waals surface area contributed by atoms with Crippen LogP contribution in [0, 0.1) is 0 Å². The van der Waals surface area contributed by atoms with Gasteiger partial charge in [-0.1, -0.05) is 65.4 Å². The third-order valence-electron chi connectivity index (χ3n) is 4.43. The Labute approximate surface area is 201 Å². The standard InChI is InChI=1S/C21H13Cl2N3O2S3/c1-26-16(13-6-7-14(22)15(23)9-13)10-30-20(26)24-18(27)12-4-2-11(3-5-12)8-17-19(28)25-21(29)31-17/h2-10H,1H3,(H,25,28,29)/b17-8-,24-20?. The summed E-state index contributed by atoms with van der Waals surface area (Å²) >= 11 is 19.7. The molecule has 2 heterocycles. The molecule has 1 saturated heterocycles. The Bertz CT molecular complexity index is 1320. The minimum Gasteiger partial charge on any atom is -0.319 e. The number of thiocarbonyl (C=S) groups is 1. The van der Waals surface area contributed by atoms with Gasteiger partial charge in [0.2, 0.25) is 0 Å². The van der Waals surface area contributed by atoms with Crippen LogP contribution in [0.4, 0.5) is 0 Å². The topological polar surface area (TPSA) is 63.5 Å². The van der Waals surface area contributed by atoms with Gasteiger partial charge in [-0.2, -0.15) is 4.99 Å². The molecule has 0 unspecified atom stereocenters. The van der Waals surface area contributed by atoms with E-state index in [1.807, 2.05) is 23.1 Å². The lowest BCUT2D eigenvalue weighted by molar-refractivity contribution is -0.115. The van der Waals surface area contributed by atoms with Crippen molar-refractivity contribution in [3.8, 4) is 11.3 Å². The quantitative estimate of drug-likeness (QED) is 0.387. The third-order valence-corrected chi connectivity index (χ3v) is 7.25. The molecule has 1 aliphatic rings. The monoisotopic (exact) mass is 505 g/mol. The maximum absolute atomic E-state index is 12.6. The molecule has 2 amide bonds. The highest BCUT2D eigenvalue weighted by Gasteiger charge is 2.21. The number of carbonyl (C=O) groups excluding carboxylic acids is 2. The van der Waals surface area contributed by atoms with Gasteiger partial charge in [0.15, 0.2) is 4.80 Å². The van der Waals surface area contributed by atoms with Gasteiger partial charge in [0.1, 0.15) is 4.32 Å². The summed E-state index contributed by atoms with van der Waals surface area (Å²) in [5, 5.41) is 5.43. The molecule has 1 N–H and O–H groups in total. The van der Waals surface area contributed by atoms with Crippen LogP contribution in [0.25, 0.3) is 17.3 Å². The molecule has 5 nitrogen and oxygen atoms in total. The smallest absolute Gasteiger partial charge is 0.279 e. The molecule has 1 fully saturated rings. The summed E-state index contributed by atoms with van der Waals surface area (Å²) < 4.78 is 2.27. The summed E-state index contributed by atoms with van der Waals surface area (Å²) in [5.41, 5.74) is 3.00. The van der Waals surface area contributed by atoms with Gasteiger partial charge in [0, 0.05) is 23.6 Å². The van der Waals surface area contributed by atoms with Crippen molar-refractivity contribution in [3.63, 3.8) is 0 Å². The molecule has 2 aromatic carbocycles. The highest BCUT2D eigenvalue weighted by atomic mass is 35.5. The normalized spacial score (nSPS) is 15.6. The second-order valence-corrected chi connectivity index (χ2v) is 9.85. The predicted octanol–water partition coefficient (Wildman–Crippen LogP) is 5.29.